The Morgan fingerprint density at radius 1 is 1.00 bits per heavy atom. The summed E-state index contributed by atoms with van der Waals surface area (Å²) in [5, 5.41) is 3.39. The second-order valence-corrected chi connectivity index (χ2v) is 8.96. The fraction of sp³-hybridized carbons (Fsp3) is 0.280. The first-order valence-electron chi connectivity index (χ1n) is 10.8. The van der Waals surface area contributed by atoms with Gasteiger partial charge in [0.05, 0.1) is 5.75 Å². The number of hydrogen-bond acceptors (Lipinski definition) is 7. The number of anilines is 1. The quantitative estimate of drug-likeness (QED) is 0.388. The molecule has 1 aliphatic heterocycles. The van der Waals surface area contributed by atoms with Crippen molar-refractivity contribution in [3.8, 4) is 11.5 Å². The minimum absolute atomic E-state index is 0.0874. The number of hydrogen-bond donors (Lipinski definition) is 1. The molecule has 2 amide bonds. The van der Waals surface area contributed by atoms with Crippen molar-refractivity contribution in [3.63, 3.8) is 0 Å². The summed E-state index contributed by atoms with van der Waals surface area (Å²) in [5.74, 6) is 0.882. The van der Waals surface area contributed by atoms with Crippen LogP contribution in [0.4, 0.5) is 5.69 Å². The number of aryl methyl sites for hydroxylation is 3. The van der Waals surface area contributed by atoms with E-state index in [0.29, 0.717) is 28.9 Å². The van der Waals surface area contributed by atoms with Crippen molar-refractivity contribution in [2.24, 2.45) is 0 Å². The lowest BCUT2D eigenvalue weighted by atomic mass is 10.1. The average Bonchev–Trinajstić information content (AvgIpc) is 3.25. The minimum atomic E-state index is -0.298. The SMILES string of the molecule is Cc1cc(C)nc(SCC(=O)N(CC(=O)Nc2ccc3c(c2)OCO3)Cc2ccccc2C)n1. The lowest BCUT2D eigenvalue weighted by molar-refractivity contribution is -0.133. The number of rotatable bonds is 8. The summed E-state index contributed by atoms with van der Waals surface area (Å²) >= 11 is 1.27. The van der Waals surface area contributed by atoms with Crippen molar-refractivity contribution in [1.82, 2.24) is 14.9 Å². The highest BCUT2D eigenvalue weighted by Crippen LogP contribution is 2.34. The van der Waals surface area contributed by atoms with Gasteiger partial charge in [-0.05, 0) is 50.1 Å². The zero-order chi connectivity index (χ0) is 24.1. The Hall–Kier alpha value is -3.59. The monoisotopic (exact) mass is 478 g/mol. The molecule has 0 saturated heterocycles. The van der Waals surface area contributed by atoms with Crippen molar-refractivity contribution >= 4 is 29.3 Å². The summed E-state index contributed by atoms with van der Waals surface area (Å²) in [6, 6.07) is 14.9. The van der Waals surface area contributed by atoms with Crippen LogP contribution in [0.5, 0.6) is 11.5 Å². The number of fused-ring (bicyclic) bond motifs is 1. The molecule has 8 nitrogen and oxygen atoms in total. The first kappa shape index (κ1) is 23.6. The molecular formula is C25H26N4O4S. The van der Waals surface area contributed by atoms with Crippen LogP contribution in [0.25, 0.3) is 0 Å². The molecule has 0 fully saturated rings. The van der Waals surface area contributed by atoms with E-state index in [1.165, 1.54) is 11.8 Å². The molecule has 2 heterocycles. The molecule has 1 aromatic heterocycles. The number of carbonyl (C=O) groups is 2. The summed E-state index contributed by atoms with van der Waals surface area (Å²) in [6.45, 7) is 6.18. The van der Waals surface area contributed by atoms with E-state index in [0.717, 1.165) is 22.5 Å². The second-order valence-electron chi connectivity index (χ2n) is 8.01. The van der Waals surface area contributed by atoms with E-state index >= 15 is 0 Å². The van der Waals surface area contributed by atoms with Gasteiger partial charge in [-0.25, -0.2) is 9.97 Å². The third kappa shape index (κ3) is 6.05. The van der Waals surface area contributed by atoms with Crippen molar-refractivity contribution in [2.75, 3.05) is 24.4 Å². The molecule has 0 unspecified atom stereocenters. The van der Waals surface area contributed by atoms with E-state index in [9.17, 15) is 9.59 Å². The van der Waals surface area contributed by atoms with Crippen LogP contribution in [-0.4, -0.2) is 45.8 Å². The Morgan fingerprint density at radius 3 is 2.50 bits per heavy atom. The molecule has 1 N–H and O–H groups in total. The highest BCUT2D eigenvalue weighted by atomic mass is 32.2. The van der Waals surface area contributed by atoms with Crippen molar-refractivity contribution < 1.29 is 19.1 Å². The number of benzene rings is 2. The van der Waals surface area contributed by atoms with Crippen molar-refractivity contribution in [3.05, 3.63) is 71.0 Å². The highest BCUT2D eigenvalue weighted by Gasteiger charge is 2.20. The summed E-state index contributed by atoms with van der Waals surface area (Å²) in [5.41, 5.74) is 4.32. The first-order chi connectivity index (χ1) is 16.4. The van der Waals surface area contributed by atoms with Gasteiger partial charge >= 0.3 is 0 Å². The smallest absolute Gasteiger partial charge is 0.244 e. The van der Waals surface area contributed by atoms with Crippen LogP contribution in [0.15, 0.2) is 53.7 Å². The van der Waals surface area contributed by atoms with Crippen LogP contribution in [0, 0.1) is 20.8 Å². The molecule has 4 rings (SSSR count). The van der Waals surface area contributed by atoms with Gasteiger partial charge in [0.25, 0.3) is 0 Å². The zero-order valence-electron chi connectivity index (χ0n) is 19.3. The molecule has 3 aromatic rings. The summed E-state index contributed by atoms with van der Waals surface area (Å²) in [7, 11) is 0. The zero-order valence-corrected chi connectivity index (χ0v) is 20.1. The van der Waals surface area contributed by atoms with Gasteiger partial charge in [0.1, 0.15) is 6.54 Å². The Morgan fingerprint density at radius 2 is 1.74 bits per heavy atom. The number of nitrogens with zero attached hydrogens (tertiary/aromatic N) is 3. The van der Waals surface area contributed by atoms with Crippen LogP contribution in [0.2, 0.25) is 0 Å². The molecule has 1 aliphatic rings. The molecule has 9 heteroatoms. The highest BCUT2D eigenvalue weighted by molar-refractivity contribution is 7.99. The van der Waals surface area contributed by atoms with E-state index < -0.39 is 0 Å². The van der Waals surface area contributed by atoms with Crippen molar-refractivity contribution in [2.45, 2.75) is 32.5 Å². The molecule has 0 radical (unpaired) electrons. The molecule has 0 atom stereocenters. The topological polar surface area (TPSA) is 93.7 Å². The molecule has 34 heavy (non-hydrogen) atoms. The molecule has 0 aliphatic carbocycles. The number of nitrogens with one attached hydrogen (secondary N) is 1. The summed E-state index contributed by atoms with van der Waals surface area (Å²) in [6.07, 6.45) is 0. The summed E-state index contributed by atoms with van der Waals surface area (Å²) < 4.78 is 10.7. The Labute approximate surface area is 202 Å². The predicted molar refractivity (Wildman–Crippen MR) is 130 cm³/mol. The van der Waals surface area contributed by atoms with Crippen LogP contribution in [0.3, 0.4) is 0 Å². The van der Waals surface area contributed by atoms with E-state index in [1.807, 2.05) is 51.1 Å². The maximum Gasteiger partial charge on any atom is 0.244 e. The molecule has 0 bridgehead atoms. The van der Waals surface area contributed by atoms with E-state index in [1.54, 1.807) is 23.1 Å². The van der Waals surface area contributed by atoms with Crippen LogP contribution in [-0.2, 0) is 16.1 Å². The van der Waals surface area contributed by atoms with Crippen LogP contribution >= 0.6 is 11.8 Å². The van der Waals surface area contributed by atoms with Gasteiger partial charge in [-0.1, -0.05) is 36.0 Å². The normalized spacial score (nSPS) is 11.9. The Kier molecular flexibility index (Phi) is 7.32. The standard InChI is InChI=1S/C25H26N4O4S/c1-16-6-4-5-7-19(16)12-29(24(31)14-34-25-26-17(2)10-18(3)27-25)13-23(30)28-20-8-9-21-22(11-20)33-15-32-21/h4-11H,12-15H2,1-3H3,(H,28,30). The van der Waals surface area contributed by atoms with Gasteiger partial charge in [-0.15, -0.1) is 0 Å². The largest absolute Gasteiger partial charge is 0.454 e. The number of carbonyl (C=O) groups excluding carboxylic acids is 2. The minimum Gasteiger partial charge on any atom is -0.454 e. The van der Waals surface area contributed by atoms with Crippen molar-refractivity contribution in [1.29, 1.82) is 0 Å². The van der Waals surface area contributed by atoms with Gasteiger partial charge in [0, 0.05) is 29.7 Å². The number of aromatic nitrogens is 2. The fourth-order valence-electron chi connectivity index (χ4n) is 3.55. The maximum atomic E-state index is 13.2. The average molecular weight is 479 g/mol. The lowest BCUT2D eigenvalue weighted by Gasteiger charge is -2.23. The predicted octanol–water partition coefficient (Wildman–Crippen LogP) is 3.89. The second kappa shape index (κ2) is 10.6. The van der Waals surface area contributed by atoms with Gasteiger partial charge in [0.2, 0.25) is 18.6 Å². The number of amides is 2. The number of thioether (sulfide) groups is 1. The Balaban J connectivity index is 1.45. The molecule has 2 aromatic carbocycles. The van der Waals surface area contributed by atoms with E-state index in [-0.39, 0.29) is 30.9 Å². The molecule has 0 saturated carbocycles. The third-order valence-electron chi connectivity index (χ3n) is 5.25. The van der Waals surface area contributed by atoms with Gasteiger partial charge in [-0.3, -0.25) is 9.59 Å². The van der Waals surface area contributed by atoms with Gasteiger partial charge in [-0.2, -0.15) is 0 Å². The Bertz CT molecular complexity index is 1200. The van der Waals surface area contributed by atoms with E-state index in [4.69, 9.17) is 9.47 Å². The molecule has 176 valence electrons. The number of ether oxygens (including phenoxy) is 2. The van der Waals surface area contributed by atoms with Crippen LogP contribution in [0.1, 0.15) is 22.5 Å². The van der Waals surface area contributed by atoms with Crippen LogP contribution < -0.4 is 14.8 Å². The molecule has 0 spiro atoms. The van der Waals surface area contributed by atoms with E-state index in [2.05, 4.69) is 15.3 Å². The fourth-order valence-corrected chi connectivity index (χ4v) is 4.40. The van der Waals surface area contributed by atoms with Gasteiger partial charge in [0.15, 0.2) is 16.7 Å². The first-order valence-corrected chi connectivity index (χ1v) is 11.8. The lowest BCUT2D eigenvalue weighted by Crippen LogP contribution is -2.38. The van der Waals surface area contributed by atoms with Gasteiger partial charge < -0.3 is 19.7 Å². The molecular weight excluding hydrogens is 452 g/mol. The maximum absolute atomic E-state index is 13.2. The summed E-state index contributed by atoms with van der Waals surface area (Å²) in [4.78, 5) is 36.4. The third-order valence-corrected chi connectivity index (χ3v) is 6.08.